The second-order valence-corrected chi connectivity index (χ2v) is 6.53. The zero-order valence-electron chi connectivity index (χ0n) is 13.0. The van der Waals surface area contributed by atoms with Gasteiger partial charge in [0.1, 0.15) is 5.75 Å². The Kier molecular flexibility index (Phi) is 4.16. The van der Waals surface area contributed by atoms with Gasteiger partial charge in [0.25, 0.3) is 0 Å². The summed E-state index contributed by atoms with van der Waals surface area (Å²) in [4.78, 5) is 2.44. The number of phenols is 1. The average molecular weight is 283 g/mol. The van der Waals surface area contributed by atoms with Crippen LogP contribution in [0.4, 0.5) is 0 Å². The van der Waals surface area contributed by atoms with Crippen molar-refractivity contribution < 1.29 is 5.11 Å². The SMILES string of the molecule is CC1CCCCC1N(C)Cc1c(O)ccc2ccccc12. The molecule has 0 amide bonds. The highest BCUT2D eigenvalue weighted by molar-refractivity contribution is 5.87. The van der Waals surface area contributed by atoms with Crippen molar-refractivity contribution >= 4 is 10.8 Å². The van der Waals surface area contributed by atoms with E-state index in [1.807, 2.05) is 12.1 Å². The summed E-state index contributed by atoms with van der Waals surface area (Å²) in [5, 5.41) is 12.7. The van der Waals surface area contributed by atoms with E-state index in [4.69, 9.17) is 0 Å². The summed E-state index contributed by atoms with van der Waals surface area (Å²) in [6.07, 6.45) is 5.31. The lowest BCUT2D eigenvalue weighted by molar-refractivity contribution is 0.133. The van der Waals surface area contributed by atoms with Crippen LogP contribution in [0, 0.1) is 5.92 Å². The molecule has 2 unspecified atom stereocenters. The minimum absolute atomic E-state index is 0.420. The molecule has 1 fully saturated rings. The molecule has 2 nitrogen and oxygen atoms in total. The third kappa shape index (κ3) is 2.91. The highest BCUT2D eigenvalue weighted by atomic mass is 16.3. The van der Waals surface area contributed by atoms with Crippen molar-refractivity contribution in [3.05, 3.63) is 42.0 Å². The first-order valence-corrected chi connectivity index (χ1v) is 8.06. The van der Waals surface area contributed by atoms with Gasteiger partial charge >= 0.3 is 0 Å². The molecule has 0 radical (unpaired) electrons. The van der Waals surface area contributed by atoms with E-state index in [1.54, 1.807) is 0 Å². The van der Waals surface area contributed by atoms with Crippen LogP contribution in [0.2, 0.25) is 0 Å². The molecule has 0 heterocycles. The molecule has 1 N–H and O–H groups in total. The van der Waals surface area contributed by atoms with E-state index < -0.39 is 0 Å². The molecule has 0 bridgehead atoms. The summed E-state index contributed by atoms with van der Waals surface area (Å²) in [5.74, 6) is 1.17. The molecule has 2 aromatic rings. The van der Waals surface area contributed by atoms with Gasteiger partial charge in [0.15, 0.2) is 0 Å². The smallest absolute Gasteiger partial charge is 0.120 e. The number of benzene rings is 2. The van der Waals surface area contributed by atoms with Crippen molar-refractivity contribution in [3.8, 4) is 5.75 Å². The number of aromatic hydroxyl groups is 1. The van der Waals surface area contributed by atoms with Gasteiger partial charge in [-0.05, 0) is 42.6 Å². The molecule has 2 heteroatoms. The van der Waals surface area contributed by atoms with Crippen molar-refractivity contribution in [3.63, 3.8) is 0 Å². The fourth-order valence-electron chi connectivity index (χ4n) is 3.81. The molecule has 2 aromatic carbocycles. The van der Waals surface area contributed by atoms with Crippen LogP contribution >= 0.6 is 0 Å². The zero-order valence-corrected chi connectivity index (χ0v) is 13.0. The summed E-state index contributed by atoms with van der Waals surface area (Å²) >= 11 is 0. The van der Waals surface area contributed by atoms with Crippen LogP contribution in [0.3, 0.4) is 0 Å². The fourth-order valence-corrected chi connectivity index (χ4v) is 3.81. The highest BCUT2D eigenvalue weighted by Gasteiger charge is 2.25. The Morgan fingerprint density at radius 1 is 1.10 bits per heavy atom. The number of nitrogens with zero attached hydrogens (tertiary/aromatic N) is 1. The van der Waals surface area contributed by atoms with Crippen LogP contribution in [0.1, 0.15) is 38.2 Å². The van der Waals surface area contributed by atoms with Crippen LogP contribution in [-0.2, 0) is 6.54 Å². The van der Waals surface area contributed by atoms with E-state index in [-0.39, 0.29) is 0 Å². The molecule has 1 aliphatic rings. The van der Waals surface area contributed by atoms with Gasteiger partial charge in [0, 0.05) is 18.2 Å². The van der Waals surface area contributed by atoms with Crippen molar-refractivity contribution in [2.24, 2.45) is 5.92 Å². The van der Waals surface area contributed by atoms with Crippen LogP contribution in [0.25, 0.3) is 10.8 Å². The number of phenolic OH excluding ortho intramolecular Hbond substituents is 1. The highest BCUT2D eigenvalue weighted by Crippen LogP contribution is 2.32. The Morgan fingerprint density at radius 2 is 1.86 bits per heavy atom. The molecule has 112 valence electrons. The fraction of sp³-hybridized carbons (Fsp3) is 0.474. The first-order valence-electron chi connectivity index (χ1n) is 8.06. The van der Waals surface area contributed by atoms with Crippen LogP contribution in [-0.4, -0.2) is 23.1 Å². The largest absolute Gasteiger partial charge is 0.508 e. The average Bonchev–Trinajstić information content (AvgIpc) is 2.50. The molecular formula is C19H25NO. The third-order valence-electron chi connectivity index (χ3n) is 5.06. The van der Waals surface area contributed by atoms with Crippen LogP contribution in [0.5, 0.6) is 5.75 Å². The summed E-state index contributed by atoms with van der Waals surface area (Å²) < 4.78 is 0. The minimum atomic E-state index is 0.420. The first kappa shape index (κ1) is 14.4. The Morgan fingerprint density at radius 3 is 2.67 bits per heavy atom. The van der Waals surface area contributed by atoms with E-state index in [0.29, 0.717) is 11.8 Å². The number of fused-ring (bicyclic) bond motifs is 1. The van der Waals surface area contributed by atoms with Crippen molar-refractivity contribution in [1.29, 1.82) is 0 Å². The summed E-state index contributed by atoms with van der Waals surface area (Å²) in [5.41, 5.74) is 1.06. The summed E-state index contributed by atoms with van der Waals surface area (Å²) in [7, 11) is 2.20. The first-order chi connectivity index (χ1) is 10.2. The van der Waals surface area contributed by atoms with E-state index in [1.165, 1.54) is 36.5 Å². The van der Waals surface area contributed by atoms with E-state index in [9.17, 15) is 5.11 Å². The van der Waals surface area contributed by atoms with Gasteiger partial charge < -0.3 is 5.11 Å². The second kappa shape index (κ2) is 6.07. The number of hydrogen-bond donors (Lipinski definition) is 1. The van der Waals surface area contributed by atoms with Crippen molar-refractivity contribution in [1.82, 2.24) is 4.90 Å². The van der Waals surface area contributed by atoms with E-state index in [2.05, 4.69) is 43.1 Å². The molecular weight excluding hydrogens is 258 g/mol. The van der Waals surface area contributed by atoms with Crippen LogP contribution < -0.4 is 0 Å². The van der Waals surface area contributed by atoms with E-state index >= 15 is 0 Å². The lowest BCUT2D eigenvalue weighted by atomic mass is 9.85. The molecule has 0 aliphatic heterocycles. The predicted octanol–water partition coefficient (Wildman–Crippen LogP) is 4.56. The summed E-state index contributed by atoms with van der Waals surface area (Å²) in [6.45, 7) is 3.19. The maximum Gasteiger partial charge on any atom is 0.120 e. The van der Waals surface area contributed by atoms with Gasteiger partial charge in [0.2, 0.25) is 0 Å². The molecule has 0 aromatic heterocycles. The molecule has 1 aliphatic carbocycles. The molecule has 0 saturated heterocycles. The van der Waals surface area contributed by atoms with Gasteiger partial charge in [0.05, 0.1) is 0 Å². The molecule has 1 saturated carbocycles. The molecule has 3 rings (SSSR count). The standard InChI is InChI=1S/C19H25NO/c1-14-7-3-6-10-18(14)20(2)13-17-16-9-5-4-8-15(16)11-12-19(17)21/h4-5,8-9,11-12,14,18,21H,3,6-7,10,13H2,1-2H3. The van der Waals surface area contributed by atoms with Crippen molar-refractivity contribution in [2.75, 3.05) is 7.05 Å². The predicted molar refractivity (Wildman–Crippen MR) is 88.5 cm³/mol. The molecule has 2 atom stereocenters. The normalized spacial score (nSPS) is 22.8. The Labute approximate surface area is 127 Å². The van der Waals surface area contributed by atoms with Gasteiger partial charge in [-0.1, -0.05) is 50.1 Å². The zero-order chi connectivity index (χ0) is 14.8. The second-order valence-electron chi connectivity index (χ2n) is 6.53. The molecule has 21 heavy (non-hydrogen) atoms. The van der Waals surface area contributed by atoms with Gasteiger partial charge in [-0.15, -0.1) is 0 Å². The van der Waals surface area contributed by atoms with Gasteiger partial charge in [-0.3, -0.25) is 4.90 Å². The van der Waals surface area contributed by atoms with Gasteiger partial charge in [-0.25, -0.2) is 0 Å². The Hall–Kier alpha value is -1.54. The maximum absolute atomic E-state index is 10.3. The van der Waals surface area contributed by atoms with Crippen LogP contribution in [0.15, 0.2) is 36.4 Å². The summed E-state index contributed by atoms with van der Waals surface area (Å²) in [6, 6.07) is 12.8. The maximum atomic E-state index is 10.3. The topological polar surface area (TPSA) is 23.5 Å². The minimum Gasteiger partial charge on any atom is -0.508 e. The lowest BCUT2D eigenvalue weighted by Crippen LogP contribution is -2.38. The van der Waals surface area contributed by atoms with Gasteiger partial charge in [-0.2, -0.15) is 0 Å². The number of rotatable bonds is 3. The van der Waals surface area contributed by atoms with Crippen molar-refractivity contribution in [2.45, 2.75) is 45.2 Å². The van der Waals surface area contributed by atoms with E-state index in [0.717, 1.165) is 18.0 Å². The molecule has 0 spiro atoms. The number of hydrogen-bond acceptors (Lipinski definition) is 2. The quantitative estimate of drug-likeness (QED) is 0.893. The third-order valence-corrected chi connectivity index (χ3v) is 5.06. The Balaban J connectivity index is 1.88. The lowest BCUT2D eigenvalue weighted by Gasteiger charge is -2.36. The Bertz CT molecular complexity index is 622. The monoisotopic (exact) mass is 283 g/mol.